The first-order valence-electron chi connectivity index (χ1n) is 10.0. The molecule has 182 valence electrons. The van der Waals surface area contributed by atoms with E-state index in [0.717, 1.165) is 12.1 Å². The van der Waals surface area contributed by atoms with E-state index < -0.39 is 53.6 Å². The highest BCUT2D eigenvalue weighted by molar-refractivity contribution is 5.97. The zero-order valence-electron chi connectivity index (χ0n) is 17.8. The maximum absolute atomic E-state index is 13.5. The fourth-order valence-electron chi connectivity index (χ4n) is 3.05. The van der Waals surface area contributed by atoms with Gasteiger partial charge in [-0.1, -0.05) is 12.1 Å². The van der Waals surface area contributed by atoms with Gasteiger partial charge in [0.05, 0.1) is 11.0 Å². The molecule has 13 heteroatoms. The summed E-state index contributed by atoms with van der Waals surface area (Å²) in [7, 11) is 0. The zero-order chi connectivity index (χ0) is 25.7. The molecule has 0 aliphatic heterocycles. The van der Waals surface area contributed by atoms with Gasteiger partial charge >= 0.3 is 17.9 Å². The van der Waals surface area contributed by atoms with Gasteiger partial charge in [-0.05, 0) is 24.1 Å². The maximum Gasteiger partial charge on any atom is 0.358 e. The number of carbonyl (C=O) groups excluding carboxylic acids is 1. The first-order valence-corrected chi connectivity index (χ1v) is 10.0. The number of carboxylic acid groups (broad SMARTS) is 3. The Labute approximate surface area is 195 Å². The van der Waals surface area contributed by atoms with E-state index in [2.05, 4.69) is 20.6 Å². The number of amides is 1. The Morgan fingerprint density at radius 3 is 2.06 bits per heavy atom. The first kappa shape index (κ1) is 25.0. The SMILES string of the molecule is O=C(O)CC[C@H](NC(=O)c1ccc(CNc2nc3cc(F)c(F)cc3nc2C(=O)O)cc1)C(=O)O. The van der Waals surface area contributed by atoms with Gasteiger partial charge in [-0.2, -0.15) is 0 Å². The van der Waals surface area contributed by atoms with E-state index in [0.29, 0.717) is 5.56 Å². The summed E-state index contributed by atoms with van der Waals surface area (Å²) < 4.78 is 27.0. The predicted molar refractivity (Wildman–Crippen MR) is 116 cm³/mol. The molecule has 0 saturated carbocycles. The third-order valence-electron chi connectivity index (χ3n) is 4.84. The average molecular weight is 488 g/mol. The van der Waals surface area contributed by atoms with Crippen LogP contribution >= 0.6 is 0 Å². The number of carbonyl (C=O) groups is 4. The van der Waals surface area contributed by atoms with Crippen LogP contribution in [0.1, 0.15) is 39.3 Å². The molecule has 0 radical (unpaired) electrons. The molecule has 1 heterocycles. The Morgan fingerprint density at radius 2 is 1.51 bits per heavy atom. The molecular formula is C22H18F2N4O7. The van der Waals surface area contributed by atoms with Gasteiger partial charge in [0.2, 0.25) is 0 Å². The van der Waals surface area contributed by atoms with Crippen LogP contribution in [-0.4, -0.2) is 55.1 Å². The van der Waals surface area contributed by atoms with Crippen LogP contribution in [0.3, 0.4) is 0 Å². The van der Waals surface area contributed by atoms with Crippen molar-refractivity contribution in [3.8, 4) is 0 Å². The van der Waals surface area contributed by atoms with Crippen molar-refractivity contribution in [1.29, 1.82) is 0 Å². The fraction of sp³-hybridized carbons (Fsp3) is 0.182. The summed E-state index contributed by atoms with van der Waals surface area (Å²) >= 11 is 0. The molecule has 0 bridgehead atoms. The quantitative estimate of drug-likeness (QED) is 0.284. The molecule has 1 amide bonds. The molecule has 0 spiro atoms. The molecule has 3 aromatic rings. The number of halogens is 2. The van der Waals surface area contributed by atoms with Gasteiger partial charge < -0.3 is 26.0 Å². The third kappa shape index (κ3) is 6.22. The molecule has 1 aromatic heterocycles. The Morgan fingerprint density at radius 1 is 0.914 bits per heavy atom. The lowest BCUT2D eigenvalue weighted by Gasteiger charge is -2.14. The van der Waals surface area contributed by atoms with Crippen LogP contribution in [0.5, 0.6) is 0 Å². The third-order valence-corrected chi connectivity index (χ3v) is 4.84. The molecule has 0 aliphatic carbocycles. The smallest absolute Gasteiger partial charge is 0.358 e. The van der Waals surface area contributed by atoms with E-state index in [9.17, 15) is 33.1 Å². The minimum absolute atomic E-state index is 0.0302. The molecule has 3 rings (SSSR count). The monoisotopic (exact) mass is 488 g/mol. The minimum atomic E-state index is -1.44. The molecule has 0 unspecified atom stereocenters. The van der Waals surface area contributed by atoms with E-state index in [1.165, 1.54) is 24.3 Å². The van der Waals surface area contributed by atoms with E-state index in [1.807, 2.05) is 0 Å². The number of benzene rings is 2. The Balaban J connectivity index is 1.72. The molecule has 0 aliphatic rings. The number of aliphatic carboxylic acids is 2. The van der Waals surface area contributed by atoms with Crippen molar-refractivity contribution in [3.63, 3.8) is 0 Å². The number of rotatable bonds is 10. The van der Waals surface area contributed by atoms with E-state index in [1.54, 1.807) is 0 Å². The average Bonchev–Trinajstić information content (AvgIpc) is 2.80. The van der Waals surface area contributed by atoms with Crippen LogP contribution in [0.4, 0.5) is 14.6 Å². The number of fused-ring (bicyclic) bond motifs is 1. The number of aromatic nitrogens is 2. The summed E-state index contributed by atoms with van der Waals surface area (Å²) in [5.74, 6) is -7.25. The van der Waals surface area contributed by atoms with Crippen LogP contribution < -0.4 is 10.6 Å². The highest BCUT2D eigenvalue weighted by Crippen LogP contribution is 2.21. The van der Waals surface area contributed by atoms with Crippen molar-refractivity contribution >= 4 is 40.7 Å². The standard InChI is InChI=1S/C22H18F2N4O7/c23-12-7-15-16(8-13(12)24)27-19(18(26-15)22(34)35)25-9-10-1-3-11(4-2-10)20(31)28-14(21(32)33)5-6-17(29)30/h1-4,7-8,14H,5-6,9H2,(H,25,27)(H,28,31)(H,29,30)(H,32,33)(H,34,35)/t14-/m0/s1. The first-order chi connectivity index (χ1) is 16.5. The van der Waals surface area contributed by atoms with E-state index in [4.69, 9.17) is 10.2 Å². The summed E-state index contributed by atoms with van der Waals surface area (Å²) in [6.45, 7) is 0.0302. The Bertz CT molecular complexity index is 1320. The topological polar surface area (TPSA) is 179 Å². The number of aromatic carboxylic acids is 1. The lowest BCUT2D eigenvalue weighted by atomic mass is 10.1. The van der Waals surface area contributed by atoms with Crippen LogP contribution in [0.2, 0.25) is 0 Å². The summed E-state index contributed by atoms with van der Waals surface area (Å²) in [6.07, 6.45) is -0.715. The number of anilines is 1. The number of carboxylic acids is 3. The van der Waals surface area contributed by atoms with Crippen molar-refractivity contribution in [2.45, 2.75) is 25.4 Å². The van der Waals surface area contributed by atoms with Crippen molar-refractivity contribution in [3.05, 3.63) is 64.9 Å². The number of nitrogens with one attached hydrogen (secondary N) is 2. The van der Waals surface area contributed by atoms with Crippen LogP contribution in [0, 0.1) is 11.6 Å². The highest BCUT2D eigenvalue weighted by atomic mass is 19.2. The van der Waals surface area contributed by atoms with E-state index >= 15 is 0 Å². The molecule has 2 aromatic carbocycles. The maximum atomic E-state index is 13.5. The largest absolute Gasteiger partial charge is 0.481 e. The molecule has 11 nitrogen and oxygen atoms in total. The van der Waals surface area contributed by atoms with Crippen LogP contribution in [-0.2, 0) is 16.1 Å². The summed E-state index contributed by atoms with van der Waals surface area (Å²) in [6, 6.07) is 5.98. The number of nitrogens with zero attached hydrogens (tertiary/aromatic N) is 2. The van der Waals surface area contributed by atoms with Crippen LogP contribution in [0.15, 0.2) is 36.4 Å². The predicted octanol–water partition coefficient (Wildman–Crippen LogP) is 2.27. The normalized spacial score (nSPS) is 11.6. The van der Waals surface area contributed by atoms with Gasteiger partial charge in [0.1, 0.15) is 6.04 Å². The Hall–Kier alpha value is -4.68. The zero-order valence-corrected chi connectivity index (χ0v) is 17.8. The second kappa shape index (κ2) is 10.5. The Kier molecular flexibility index (Phi) is 7.49. The lowest BCUT2D eigenvalue weighted by molar-refractivity contribution is -0.140. The fourth-order valence-corrected chi connectivity index (χ4v) is 3.05. The van der Waals surface area contributed by atoms with Gasteiger partial charge in [0.15, 0.2) is 23.1 Å². The number of hydrogen-bond donors (Lipinski definition) is 5. The molecular weight excluding hydrogens is 470 g/mol. The van der Waals surface area contributed by atoms with Gasteiger partial charge in [-0.15, -0.1) is 0 Å². The number of hydrogen-bond acceptors (Lipinski definition) is 7. The van der Waals surface area contributed by atoms with Gasteiger partial charge in [-0.25, -0.2) is 28.3 Å². The molecule has 0 fully saturated rings. The van der Waals surface area contributed by atoms with Crippen LogP contribution in [0.25, 0.3) is 11.0 Å². The van der Waals surface area contributed by atoms with Gasteiger partial charge in [0, 0.05) is 30.7 Å². The molecule has 1 atom stereocenters. The van der Waals surface area contributed by atoms with Gasteiger partial charge in [-0.3, -0.25) is 9.59 Å². The summed E-state index contributed by atoms with van der Waals surface area (Å²) in [5.41, 5.74) is 0.000369. The second-order valence-electron chi connectivity index (χ2n) is 7.33. The minimum Gasteiger partial charge on any atom is -0.481 e. The molecule has 0 saturated heterocycles. The van der Waals surface area contributed by atoms with Crippen molar-refractivity contribution in [2.75, 3.05) is 5.32 Å². The van der Waals surface area contributed by atoms with E-state index in [-0.39, 0.29) is 35.4 Å². The molecule has 35 heavy (non-hydrogen) atoms. The van der Waals surface area contributed by atoms with Gasteiger partial charge in [0.25, 0.3) is 5.91 Å². The van der Waals surface area contributed by atoms with Crippen molar-refractivity contribution in [2.24, 2.45) is 0 Å². The van der Waals surface area contributed by atoms with Crippen molar-refractivity contribution in [1.82, 2.24) is 15.3 Å². The lowest BCUT2D eigenvalue weighted by Crippen LogP contribution is -2.41. The highest BCUT2D eigenvalue weighted by Gasteiger charge is 2.22. The molecule has 5 N–H and O–H groups in total. The second-order valence-corrected chi connectivity index (χ2v) is 7.33. The van der Waals surface area contributed by atoms with Crippen molar-refractivity contribution < 1.29 is 43.3 Å². The summed E-state index contributed by atoms with van der Waals surface area (Å²) in [4.78, 5) is 53.6. The summed E-state index contributed by atoms with van der Waals surface area (Å²) in [5, 5.41) is 32.3.